The van der Waals surface area contributed by atoms with Gasteiger partial charge in [0.2, 0.25) is 10.0 Å². The van der Waals surface area contributed by atoms with Crippen molar-refractivity contribution in [1.82, 2.24) is 4.31 Å². The lowest BCUT2D eigenvalue weighted by molar-refractivity contribution is 0.262. The predicted molar refractivity (Wildman–Crippen MR) is 111 cm³/mol. The van der Waals surface area contributed by atoms with Gasteiger partial charge in [-0.1, -0.05) is 18.6 Å². The normalized spacial score (nSPS) is 14.8. The van der Waals surface area contributed by atoms with Gasteiger partial charge in [0.05, 0.1) is 19.9 Å². The van der Waals surface area contributed by atoms with Gasteiger partial charge in [0.25, 0.3) is 0 Å². The first-order chi connectivity index (χ1) is 14.0. The summed E-state index contributed by atoms with van der Waals surface area (Å²) in [6, 6.07) is 11.0. The highest BCUT2D eigenvalue weighted by Gasteiger charge is 2.29. The quantitative estimate of drug-likeness (QED) is 0.747. The Morgan fingerprint density at radius 1 is 0.931 bits per heavy atom. The van der Waals surface area contributed by atoms with Crippen LogP contribution in [0, 0.1) is 0 Å². The molecule has 0 aromatic heterocycles. The molecule has 1 saturated heterocycles. The second-order valence-corrected chi connectivity index (χ2v) is 8.52. The molecule has 2 aromatic carbocycles. The molecule has 0 atom stereocenters. The minimum atomic E-state index is -3.72. The van der Waals surface area contributed by atoms with Crippen LogP contribution in [0.2, 0.25) is 0 Å². The Morgan fingerprint density at radius 2 is 1.62 bits per heavy atom. The molecule has 0 unspecified atom stereocenters. The lowest BCUT2D eigenvalue weighted by atomic mass is 10.2. The molecule has 0 radical (unpaired) electrons. The van der Waals surface area contributed by atoms with Crippen molar-refractivity contribution in [3.63, 3.8) is 0 Å². The lowest BCUT2D eigenvalue weighted by Gasteiger charge is -2.26. The number of ether oxygens (including phenoxy) is 2. The van der Waals surface area contributed by atoms with E-state index in [9.17, 15) is 13.2 Å². The molecule has 1 aliphatic rings. The molecule has 9 heteroatoms. The van der Waals surface area contributed by atoms with Gasteiger partial charge in [0.1, 0.15) is 16.4 Å². The summed E-state index contributed by atoms with van der Waals surface area (Å²) in [4.78, 5) is 12.4. The van der Waals surface area contributed by atoms with Crippen LogP contribution in [0.1, 0.15) is 19.3 Å². The van der Waals surface area contributed by atoms with Crippen LogP contribution in [0.25, 0.3) is 0 Å². The topological polar surface area (TPSA) is 97.0 Å². The second-order valence-electron chi connectivity index (χ2n) is 6.61. The SMILES string of the molecule is COc1ccccc1NC(=O)Nc1ccc(OC)c(S(=O)(=O)N2CCCCC2)c1. The van der Waals surface area contributed by atoms with E-state index < -0.39 is 16.1 Å². The fourth-order valence-electron chi connectivity index (χ4n) is 3.23. The first kappa shape index (κ1) is 20.9. The van der Waals surface area contributed by atoms with E-state index in [2.05, 4.69) is 10.6 Å². The van der Waals surface area contributed by atoms with Crippen LogP contribution in [0.5, 0.6) is 11.5 Å². The largest absolute Gasteiger partial charge is 0.495 e. The number of carbonyl (C=O) groups excluding carboxylic acids is 1. The number of urea groups is 1. The number of nitrogens with one attached hydrogen (secondary N) is 2. The highest BCUT2D eigenvalue weighted by Crippen LogP contribution is 2.31. The molecule has 2 N–H and O–H groups in total. The zero-order valence-corrected chi connectivity index (χ0v) is 17.3. The molecule has 0 saturated carbocycles. The molecule has 2 aromatic rings. The zero-order valence-electron chi connectivity index (χ0n) is 16.5. The van der Waals surface area contributed by atoms with Gasteiger partial charge in [-0.25, -0.2) is 13.2 Å². The van der Waals surface area contributed by atoms with Gasteiger partial charge in [-0.3, -0.25) is 0 Å². The van der Waals surface area contributed by atoms with Crippen LogP contribution in [0.4, 0.5) is 16.2 Å². The summed E-state index contributed by atoms with van der Waals surface area (Å²) in [5.41, 5.74) is 0.843. The van der Waals surface area contributed by atoms with Crippen LogP contribution in [0.15, 0.2) is 47.4 Å². The molecule has 0 aliphatic carbocycles. The number of hydrogen-bond acceptors (Lipinski definition) is 5. The third kappa shape index (κ3) is 4.80. The number of rotatable bonds is 6. The van der Waals surface area contributed by atoms with E-state index in [0.29, 0.717) is 30.2 Å². The van der Waals surface area contributed by atoms with E-state index in [-0.39, 0.29) is 10.6 Å². The Labute approximate surface area is 170 Å². The van der Waals surface area contributed by atoms with Gasteiger partial charge in [-0.2, -0.15) is 4.31 Å². The van der Waals surface area contributed by atoms with E-state index in [4.69, 9.17) is 9.47 Å². The monoisotopic (exact) mass is 419 g/mol. The molecular formula is C20H25N3O5S. The molecule has 2 amide bonds. The Bertz CT molecular complexity index is 972. The van der Waals surface area contributed by atoms with Crippen molar-refractivity contribution in [2.45, 2.75) is 24.2 Å². The summed E-state index contributed by atoms with van der Waals surface area (Å²) in [5.74, 6) is 0.761. The summed E-state index contributed by atoms with van der Waals surface area (Å²) in [7, 11) is -0.780. The van der Waals surface area contributed by atoms with Crippen molar-refractivity contribution in [2.24, 2.45) is 0 Å². The van der Waals surface area contributed by atoms with Crippen LogP contribution in [-0.2, 0) is 10.0 Å². The molecule has 3 rings (SSSR count). The van der Waals surface area contributed by atoms with Crippen molar-refractivity contribution in [3.8, 4) is 11.5 Å². The summed E-state index contributed by atoms with van der Waals surface area (Å²) < 4.78 is 38.1. The third-order valence-corrected chi connectivity index (χ3v) is 6.63. The summed E-state index contributed by atoms with van der Waals surface area (Å²) >= 11 is 0. The average Bonchev–Trinajstić information content (AvgIpc) is 2.74. The highest BCUT2D eigenvalue weighted by molar-refractivity contribution is 7.89. The number of benzene rings is 2. The predicted octanol–water partition coefficient (Wildman–Crippen LogP) is 3.52. The Kier molecular flexibility index (Phi) is 6.60. The van der Waals surface area contributed by atoms with Crippen LogP contribution >= 0.6 is 0 Å². The van der Waals surface area contributed by atoms with E-state index in [1.165, 1.54) is 30.7 Å². The molecule has 0 bridgehead atoms. The van der Waals surface area contributed by atoms with Crippen molar-refractivity contribution in [2.75, 3.05) is 37.9 Å². The molecule has 8 nitrogen and oxygen atoms in total. The number of para-hydroxylation sites is 2. The second kappa shape index (κ2) is 9.15. The Balaban J connectivity index is 1.82. The maximum Gasteiger partial charge on any atom is 0.323 e. The summed E-state index contributed by atoms with van der Waals surface area (Å²) in [6.45, 7) is 0.967. The summed E-state index contributed by atoms with van der Waals surface area (Å²) in [6.07, 6.45) is 2.69. The lowest BCUT2D eigenvalue weighted by Crippen LogP contribution is -2.35. The van der Waals surface area contributed by atoms with E-state index >= 15 is 0 Å². The zero-order chi connectivity index (χ0) is 20.9. The van der Waals surface area contributed by atoms with E-state index in [1.807, 2.05) is 0 Å². The molecule has 1 heterocycles. The van der Waals surface area contributed by atoms with Crippen LogP contribution < -0.4 is 20.1 Å². The first-order valence-electron chi connectivity index (χ1n) is 9.35. The van der Waals surface area contributed by atoms with Gasteiger partial charge in [-0.15, -0.1) is 0 Å². The molecule has 156 valence electrons. The fourth-order valence-corrected chi connectivity index (χ4v) is 4.93. The number of carbonyl (C=O) groups is 1. The van der Waals surface area contributed by atoms with Crippen LogP contribution in [0.3, 0.4) is 0 Å². The Morgan fingerprint density at radius 3 is 2.31 bits per heavy atom. The molecule has 1 fully saturated rings. The van der Waals surface area contributed by atoms with Crippen molar-refractivity contribution in [3.05, 3.63) is 42.5 Å². The van der Waals surface area contributed by atoms with Gasteiger partial charge in [-0.05, 0) is 43.2 Å². The molecule has 29 heavy (non-hydrogen) atoms. The number of nitrogens with zero attached hydrogens (tertiary/aromatic N) is 1. The standard InChI is InChI=1S/C20H25N3O5S/c1-27-17-9-5-4-8-16(17)22-20(24)21-15-10-11-18(28-2)19(14-15)29(25,26)23-12-6-3-7-13-23/h4-5,8-11,14H,3,6-7,12-13H2,1-2H3,(H2,21,22,24). The number of sulfonamides is 1. The minimum absolute atomic E-state index is 0.0389. The molecule has 1 aliphatic heterocycles. The maximum absolute atomic E-state index is 13.1. The number of anilines is 2. The highest BCUT2D eigenvalue weighted by atomic mass is 32.2. The van der Waals surface area contributed by atoms with Crippen molar-refractivity contribution < 1.29 is 22.7 Å². The van der Waals surface area contributed by atoms with Crippen LogP contribution in [-0.4, -0.2) is 46.1 Å². The van der Waals surface area contributed by atoms with Crippen molar-refractivity contribution in [1.29, 1.82) is 0 Å². The summed E-state index contributed by atoms with van der Waals surface area (Å²) in [5, 5.41) is 5.36. The Hall–Kier alpha value is -2.78. The average molecular weight is 420 g/mol. The van der Waals surface area contributed by atoms with Gasteiger partial charge in [0.15, 0.2) is 0 Å². The van der Waals surface area contributed by atoms with Gasteiger partial charge in [0, 0.05) is 18.8 Å². The number of piperidine rings is 1. The van der Waals surface area contributed by atoms with E-state index in [1.54, 1.807) is 30.3 Å². The number of methoxy groups -OCH3 is 2. The number of amides is 2. The van der Waals surface area contributed by atoms with E-state index in [0.717, 1.165) is 19.3 Å². The van der Waals surface area contributed by atoms with Crippen molar-refractivity contribution >= 4 is 27.4 Å². The minimum Gasteiger partial charge on any atom is -0.495 e. The van der Waals surface area contributed by atoms with Gasteiger partial charge >= 0.3 is 6.03 Å². The number of hydrogen-bond donors (Lipinski definition) is 2. The smallest absolute Gasteiger partial charge is 0.323 e. The van der Waals surface area contributed by atoms with Gasteiger partial charge < -0.3 is 20.1 Å². The third-order valence-electron chi connectivity index (χ3n) is 4.71. The first-order valence-corrected chi connectivity index (χ1v) is 10.8. The fraction of sp³-hybridized carbons (Fsp3) is 0.350. The molecule has 0 spiro atoms. The maximum atomic E-state index is 13.1. The molecular weight excluding hydrogens is 394 g/mol.